The van der Waals surface area contributed by atoms with Crippen molar-refractivity contribution in [2.45, 2.75) is 29.4 Å². The fourth-order valence-electron chi connectivity index (χ4n) is 5.83. The predicted molar refractivity (Wildman–Crippen MR) is 175 cm³/mol. The Morgan fingerprint density at radius 1 is 0.932 bits per heavy atom. The maximum Gasteiger partial charge on any atom is 0.339 e. The van der Waals surface area contributed by atoms with Crippen LogP contribution >= 0.6 is 47.8 Å². The lowest BCUT2D eigenvalue weighted by Crippen LogP contribution is -2.34. The van der Waals surface area contributed by atoms with Crippen molar-refractivity contribution in [3.63, 3.8) is 0 Å². The van der Waals surface area contributed by atoms with Crippen LogP contribution in [0.5, 0.6) is 0 Å². The summed E-state index contributed by atoms with van der Waals surface area (Å²) >= 11 is 10.7. The molecule has 0 bridgehead atoms. The lowest BCUT2D eigenvalue weighted by molar-refractivity contribution is -0.122. The van der Waals surface area contributed by atoms with Crippen LogP contribution in [0.25, 0.3) is 22.2 Å². The summed E-state index contributed by atoms with van der Waals surface area (Å²) < 4.78 is 19.4. The van der Waals surface area contributed by atoms with Crippen molar-refractivity contribution >= 4 is 87.9 Å². The summed E-state index contributed by atoms with van der Waals surface area (Å²) in [5.74, 6) is -2.74. The highest BCUT2D eigenvalue weighted by molar-refractivity contribution is 9.12. The number of pyridine rings is 1. The number of aryl methyl sites for hydroxylation is 1. The Bertz CT molecular complexity index is 1800. The molecule has 11 heteroatoms. The lowest BCUT2D eigenvalue weighted by atomic mass is 9.81. The first-order valence-electron chi connectivity index (χ1n) is 13.8. The van der Waals surface area contributed by atoms with Gasteiger partial charge >= 0.3 is 5.97 Å². The fraction of sp³-hybridized carbons (Fsp3) is 0.242. The van der Waals surface area contributed by atoms with Crippen molar-refractivity contribution in [1.82, 2.24) is 4.98 Å². The van der Waals surface area contributed by atoms with Crippen LogP contribution in [0.15, 0.2) is 71.2 Å². The molecule has 224 valence electrons. The van der Waals surface area contributed by atoms with E-state index in [0.717, 1.165) is 10.0 Å². The van der Waals surface area contributed by atoms with Gasteiger partial charge in [0.05, 0.1) is 34.3 Å². The number of carbonyl (C=O) groups is 4. The lowest BCUT2D eigenvalue weighted by Gasteiger charge is -2.29. The number of Topliss-reactive ketones (excluding diaryl/α,β-unsaturated/α-hetero) is 1. The van der Waals surface area contributed by atoms with E-state index < -0.39 is 24.2 Å². The third-order valence-corrected chi connectivity index (χ3v) is 11.3. The molecule has 1 saturated heterocycles. The van der Waals surface area contributed by atoms with E-state index in [1.54, 1.807) is 36.4 Å². The van der Waals surface area contributed by atoms with Gasteiger partial charge in [-0.1, -0.05) is 59.9 Å². The Kier molecular flexibility index (Phi) is 8.56. The molecule has 44 heavy (non-hydrogen) atoms. The largest absolute Gasteiger partial charge is 0.454 e. The topological polar surface area (TPSA) is 93.6 Å². The van der Waals surface area contributed by atoms with E-state index in [9.17, 15) is 23.6 Å². The van der Waals surface area contributed by atoms with Crippen molar-refractivity contribution in [2.75, 3.05) is 11.5 Å². The summed E-state index contributed by atoms with van der Waals surface area (Å²) in [6.07, 6.45) is 1.18. The summed E-state index contributed by atoms with van der Waals surface area (Å²) in [6.45, 7) is 1.36. The van der Waals surface area contributed by atoms with Gasteiger partial charge in [-0.2, -0.15) is 0 Å². The summed E-state index contributed by atoms with van der Waals surface area (Å²) in [5.41, 5.74) is 3.45. The molecular formula is C33H24Br3FN2O5. The van der Waals surface area contributed by atoms with Crippen LogP contribution in [0.3, 0.4) is 0 Å². The number of benzene rings is 3. The number of fused-ring (bicyclic) bond motifs is 2. The first-order chi connectivity index (χ1) is 21.0. The van der Waals surface area contributed by atoms with Crippen molar-refractivity contribution in [3.05, 3.63) is 93.7 Å². The minimum Gasteiger partial charge on any atom is -0.454 e. The van der Waals surface area contributed by atoms with E-state index in [2.05, 4.69) is 47.8 Å². The molecule has 4 atom stereocenters. The van der Waals surface area contributed by atoms with Gasteiger partial charge in [-0.15, -0.1) is 0 Å². The highest BCUT2D eigenvalue weighted by atomic mass is 79.9. The van der Waals surface area contributed by atoms with E-state index in [1.165, 1.54) is 29.2 Å². The van der Waals surface area contributed by atoms with E-state index >= 15 is 0 Å². The third-order valence-electron chi connectivity index (χ3n) is 8.12. The molecule has 3 aromatic carbocycles. The molecule has 1 saturated carbocycles. The Balaban J connectivity index is 1.30. The highest BCUT2D eigenvalue weighted by Crippen LogP contribution is 2.44. The fourth-order valence-corrected chi connectivity index (χ4v) is 7.64. The van der Waals surface area contributed by atoms with E-state index in [-0.39, 0.29) is 44.4 Å². The first-order valence-corrected chi connectivity index (χ1v) is 16.5. The molecule has 1 aliphatic carbocycles. The molecule has 4 unspecified atom stereocenters. The number of hydrogen-bond acceptors (Lipinski definition) is 6. The zero-order valence-corrected chi connectivity index (χ0v) is 28.0. The standard InChI is InChI=1S/C33H24Br3FN2O5/c1-16-10-19(34)11-22-25(33(43)44-15-29(40)18-2-6-20(37)7-3-18)14-28(38-30(16)22)17-4-8-21(9-5-17)39-31(41)23-12-26(35)27(36)13-24(23)32(39)42/h2-11,14,23-24,26-27H,12-13,15H2,1H3. The number of carbonyl (C=O) groups excluding carboxylic acids is 4. The number of rotatable bonds is 6. The summed E-state index contributed by atoms with van der Waals surface area (Å²) in [5, 5.41) is 0.544. The van der Waals surface area contributed by atoms with Crippen LogP contribution < -0.4 is 4.90 Å². The van der Waals surface area contributed by atoms with Crippen LogP contribution in [-0.2, 0) is 14.3 Å². The molecule has 2 heterocycles. The normalized spacial score (nSPS) is 21.4. The number of ether oxygens (including phenoxy) is 1. The first kappa shape index (κ1) is 30.7. The van der Waals surface area contributed by atoms with Crippen LogP contribution in [0.4, 0.5) is 10.1 Å². The number of nitrogens with zero attached hydrogens (tertiary/aromatic N) is 2. The minimum absolute atomic E-state index is 0.118. The zero-order valence-electron chi connectivity index (χ0n) is 23.2. The molecule has 2 fully saturated rings. The molecule has 2 aliphatic rings. The van der Waals surface area contributed by atoms with Gasteiger partial charge in [-0.3, -0.25) is 19.3 Å². The average Bonchev–Trinajstić information content (AvgIpc) is 3.24. The summed E-state index contributed by atoms with van der Waals surface area (Å²) in [6, 6.07) is 17.2. The number of alkyl halides is 2. The number of anilines is 1. The second kappa shape index (κ2) is 12.3. The van der Waals surface area contributed by atoms with Gasteiger partial charge in [0.15, 0.2) is 12.4 Å². The molecule has 2 amide bonds. The molecule has 4 aromatic rings. The summed E-state index contributed by atoms with van der Waals surface area (Å²) in [7, 11) is 0. The Morgan fingerprint density at radius 2 is 1.55 bits per heavy atom. The number of imide groups is 1. The van der Waals surface area contributed by atoms with Gasteiger partial charge in [0, 0.05) is 30.6 Å². The maximum atomic E-state index is 13.4. The van der Waals surface area contributed by atoms with Gasteiger partial charge in [0.2, 0.25) is 11.8 Å². The third kappa shape index (κ3) is 5.77. The summed E-state index contributed by atoms with van der Waals surface area (Å²) in [4.78, 5) is 58.8. The molecule has 0 radical (unpaired) electrons. The van der Waals surface area contributed by atoms with E-state index in [1.807, 2.05) is 13.0 Å². The molecule has 1 aliphatic heterocycles. The molecule has 6 rings (SSSR count). The smallest absolute Gasteiger partial charge is 0.339 e. The second-order valence-corrected chi connectivity index (χ2v) is 14.2. The maximum absolute atomic E-state index is 13.4. The van der Waals surface area contributed by atoms with Crippen LogP contribution in [0.1, 0.15) is 39.1 Å². The van der Waals surface area contributed by atoms with Gasteiger partial charge in [-0.05, 0) is 79.9 Å². The Hall–Kier alpha value is -3.28. The Morgan fingerprint density at radius 3 is 2.16 bits per heavy atom. The van der Waals surface area contributed by atoms with Crippen LogP contribution in [0, 0.1) is 24.6 Å². The molecule has 7 nitrogen and oxygen atoms in total. The van der Waals surface area contributed by atoms with Crippen LogP contribution in [0.2, 0.25) is 0 Å². The van der Waals surface area contributed by atoms with Crippen LogP contribution in [-0.4, -0.2) is 44.8 Å². The quantitative estimate of drug-likeness (QED) is 0.0867. The molecular weight excluding hydrogens is 763 g/mol. The van der Waals surface area contributed by atoms with E-state index in [0.29, 0.717) is 40.7 Å². The number of ketones is 1. The number of aromatic nitrogens is 1. The van der Waals surface area contributed by atoms with Gasteiger partial charge in [0.25, 0.3) is 0 Å². The number of hydrogen-bond donors (Lipinski definition) is 0. The monoisotopic (exact) mass is 784 g/mol. The number of amides is 2. The highest BCUT2D eigenvalue weighted by Gasteiger charge is 2.52. The van der Waals surface area contributed by atoms with Crippen molar-refractivity contribution in [1.29, 1.82) is 0 Å². The van der Waals surface area contributed by atoms with Crippen molar-refractivity contribution in [2.24, 2.45) is 11.8 Å². The Labute approximate surface area is 277 Å². The second-order valence-electron chi connectivity index (χ2n) is 11.0. The SMILES string of the molecule is Cc1cc(Br)cc2c(C(=O)OCC(=O)c3ccc(F)cc3)cc(-c3ccc(N4C(=O)C5CC(Br)C(Br)CC5C4=O)cc3)nc12. The predicted octanol–water partition coefficient (Wildman–Crippen LogP) is 7.58. The van der Waals surface area contributed by atoms with E-state index in [4.69, 9.17) is 9.72 Å². The van der Waals surface area contributed by atoms with Gasteiger partial charge in [-0.25, -0.2) is 14.2 Å². The van der Waals surface area contributed by atoms with Gasteiger partial charge < -0.3 is 4.74 Å². The number of esters is 1. The molecule has 1 aromatic heterocycles. The number of halogens is 4. The zero-order chi connectivity index (χ0) is 31.3. The van der Waals surface area contributed by atoms with Crippen molar-refractivity contribution in [3.8, 4) is 11.3 Å². The molecule has 0 N–H and O–H groups in total. The van der Waals surface area contributed by atoms with Crippen molar-refractivity contribution < 1.29 is 28.3 Å². The average molecular weight is 787 g/mol. The minimum atomic E-state index is -0.714. The van der Waals surface area contributed by atoms with Gasteiger partial charge in [0.1, 0.15) is 5.82 Å². The molecule has 0 spiro atoms.